The maximum absolute atomic E-state index is 12.1. The lowest BCUT2D eigenvalue weighted by molar-refractivity contribution is -0.384. The SMILES string of the molecule is CC(NC(=O)c1ccc(Cl)c([N+](=O)[O-])c1)c1ccccc1. The van der Waals surface area contributed by atoms with Crippen molar-refractivity contribution in [2.24, 2.45) is 0 Å². The van der Waals surface area contributed by atoms with Crippen molar-refractivity contribution < 1.29 is 9.72 Å². The van der Waals surface area contributed by atoms with Crippen molar-refractivity contribution in [3.8, 4) is 0 Å². The van der Waals surface area contributed by atoms with Crippen LogP contribution in [0.4, 0.5) is 5.69 Å². The molecule has 0 radical (unpaired) electrons. The molecule has 0 aliphatic heterocycles. The molecule has 1 amide bonds. The van der Waals surface area contributed by atoms with Crippen LogP contribution in [0.25, 0.3) is 0 Å². The molecule has 0 aliphatic rings. The predicted molar refractivity (Wildman–Crippen MR) is 80.4 cm³/mol. The molecule has 2 rings (SSSR count). The molecule has 5 nitrogen and oxygen atoms in total. The number of carbonyl (C=O) groups is 1. The molecule has 21 heavy (non-hydrogen) atoms. The summed E-state index contributed by atoms with van der Waals surface area (Å²) >= 11 is 5.72. The lowest BCUT2D eigenvalue weighted by atomic mass is 10.1. The quantitative estimate of drug-likeness (QED) is 0.691. The highest BCUT2D eigenvalue weighted by atomic mass is 35.5. The summed E-state index contributed by atoms with van der Waals surface area (Å²) < 4.78 is 0. The Morgan fingerprint density at radius 1 is 1.24 bits per heavy atom. The second-order valence-electron chi connectivity index (χ2n) is 4.53. The highest BCUT2D eigenvalue weighted by Gasteiger charge is 2.17. The Bertz CT molecular complexity index is 674. The van der Waals surface area contributed by atoms with E-state index in [1.165, 1.54) is 18.2 Å². The molecule has 6 heteroatoms. The number of amides is 1. The fourth-order valence-corrected chi connectivity index (χ4v) is 2.09. The summed E-state index contributed by atoms with van der Waals surface area (Å²) in [6.07, 6.45) is 0. The summed E-state index contributed by atoms with van der Waals surface area (Å²) in [6, 6.07) is 13.2. The summed E-state index contributed by atoms with van der Waals surface area (Å²) in [5.74, 6) is -0.383. The average Bonchev–Trinajstić information content (AvgIpc) is 2.48. The molecule has 1 atom stereocenters. The lowest BCUT2D eigenvalue weighted by Gasteiger charge is -2.14. The van der Waals surface area contributed by atoms with Gasteiger partial charge in [0.05, 0.1) is 11.0 Å². The molecule has 1 N–H and O–H groups in total. The Kier molecular flexibility index (Phi) is 4.55. The van der Waals surface area contributed by atoms with Crippen LogP contribution in [0.15, 0.2) is 48.5 Å². The van der Waals surface area contributed by atoms with Crippen molar-refractivity contribution in [2.75, 3.05) is 0 Å². The number of rotatable bonds is 4. The smallest absolute Gasteiger partial charge is 0.288 e. The minimum absolute atomic E-state index is 0.00709. The standard InChI is InChI=1S/C15H13ClN2O3/c1-10(11-5-3-2-4-6-11)17-15(19)12-7-8-13(16)14(9-12)18(20)21/h2-10H,1H3,(H,17,19). The molecule has 0 saturated carbocycles. The van der Waals surface area contributed by atoms with Gasteiger partial charge in [0, 0.05) is 11.6 Å². The van der Waals surface area contributed by atoms with E-state index in [-0.39, 0.29) is 28.2 Å². The first-order chi connectivity index (χ1) is 9.99. The van der Waals surface area contributed by atoms with E-state index < -0.39 is 4.92 Å². The fraction of sp³-hybridized carbons (Fsp3) is 0.133. The van der Waals surface area contributed by atoms with Gasteiger partial charge in [0.1, 0.15) is 5.02 Å². The molecule has 0 bridgehead atoms. The molecule has 0 heterocycles. The number of carbonyl (C=O) groups excluding carboxylic acids is 1. The van der Waals surface area contributed by atoms with E-state index in [1.54, 1.807) is 0 Å². The van der Waals surface area contributed by atoms with Crippen LogP contribution >= 0.6 is 11.6 Å². The Labute approximate surface area is 126 Å². The maximum atomic E-state index is 12.1. The van der Waals surface area contributed by atoms with Crippen molar-refractivity contribution in [1.29, 1.82) is 0 Å². The number of benzene rings is 2. The number of nitrogens with one attached hydrogen (secondary N) is 1. The van der Waals surface area contributed by atoms with Crippen LogP contribution < -0.4 is 5.32 Å². The molecule has 2 aromatic carbocycles. The zero-order valence-electron chi connectivity index (χ0n) is 11.2. The van der Waals surface area contributed by atoms with Crippen molar-refractivity contribution >= 4 is 23.2 Å². The molecule has 1 unspecified atom stereocenters. The van der Waals surface area contributed by atoms with Crippen LogP contribution in [0.1, 0.15) is 28.9 Å². The molecular formula is C15H13ClN2O3. The molecule has 0 fully saturated rings. The minimum Gasteiger partial charge on any atom is -0.346 e. The highest BCUT2D eigenvalue weighted by Crippen LogP contribution is 2.25. The van der Waals surface area contributed by atoms with Crippen LogP contribution in [0, 0.1) is 10.1 Å². The van der Waals surface area contributed by atoms with Gasteiger partial charge in [-0.15, -0.1) is 0 Å². The van der Waals surface area contributed by atoms with Crippen LogP contribution in [0.2, 0.25) is 5.02 Å². The number of nitro benzene ring substituents is 1. The van der Waals surface area contributed by atoms with Gasteiger partial charge in [0.2, 0.25) is 0 Å². The Morgan fingerprint density at radius 3 is 2.52 bits per heavy atom. The van der Waals surface area contributed by atoms with Crippen molar-refractivity contribution in [3.05, 3.63) is 74.8 Å². The monoisotopic (exact) mass is 304 g/mol. The van der Waals surface area contributed by atoms with Gasteiger partial charge in [-0.25, -0.2) is 0 Å². The van der Waals surface area contributed by atoms with Gasteiger partial charge in [0.15, 0.2) is 0 Å². The van der Waals surface area contributed by atoms with Crippen LogP contribution in [-0.4, -0.2) is 10.8 Å². The number of hydrogen-bond acceptors (Lipinski definition) is 3. The molecule has 0 aliphatic carbocycles. The first-order valence-electron chi connectivity index (χ1n) is 6.29. The second kappa shape index (κ2) is 6.37. The first kappa shape index (κ1) is 15.0. The van der Waals surface area contributed by atoms with Crippen LogP contribution in [-0.2, 0) is 0 Å². The summed E-state index contributed by atoms with van der Waals surface area (Å²) in [5, 5.41) is 13.6. The summed E-state index contributed by atoms with van der Waals surface area (Å²) in [6.45, 7) is 1.84. The molecule has 0 saturated heterocycles. The summed E-state index contributed by atoms with van der Waals surface area (Å²) in [5.41, 5.74) is 0.875. The molecule has 0 aromatic heterocycles. The third-order valence-electron chi connectivity index (χ3n) is 3.05. The number of halogens is 1. The summed E-state index contributed by atoms with van der Waals surface area (Å²) in [7, 11) is 0. The highest BCUT2D eigenvalue weighted by molar-refractivity contribution is 6.32. The van der Waals surface area contributed by atoms with E-state index >= 15 is 0 Å². The Hall–Kier alpha value is -2.40. The fourth-order valence-electron chi connectivity index (χ4n) is 1.90. The van der Waals surface area contributed by atoms with E-state index in [2.05, 4.69) is 5.32 Å². The maximum Gasteiger partial charge on any atom is 0.288 e. The number of nitrogens with zero attached hydrogens (tertiary/aromatic N) is 1. The Morgan fingerprint density at radius 2 is 1.90 bits per heavy atom. The molecular weight excluding hydrogens is 292 g/mol. The van der Waals surface area contributed by atoms with E-state index in [4.69, 9.17) is 11.6 Å². The predicted octanol–water partition coefficient (Wildman–Crippen LogP) is 3.74. The van der Waals surface area contributed by atoms with Gasteiger partial charge in [-0.3, -0.25) is 14.9 Å². The second-order valence-corrected chi connectivity index (χ2v) is 4.94. The normalized spacial score (nSPS) is 11.7. The van der Waals surface area contributed by atoms with Crippen molar-refractivity contribution in [3.63, 3.8) is 0 Å². The van der Waals surface area contributed by atoms with Gasteiger partial charge in [-0.2, -0.15) is 0 Å². The van der Waals surface area contributed by atoms with Gasteiger partial charge in [0.25, 0.3) is 11.6 Å². The van der Waals surface area contributed by atoms with E-state index in [0.717, 1.165) is 5.56 Å². The van der Waals surface area contributed by atoms with Gasteiger partial charge >= 0.3 is 0 Å². The Balaban J connectivity index is 2.17. The molecule has 2 aromatic rings. The topological polar surface area (TPSA) is 72.2 Å². The van der Waals surface area contributed by atoms with Gasteiger partial charge in [-0.1, -0.05) is 41.9 Å². The summed E-state index contributed by atoms with van der Waals surface area (Å²) in [4.78, 5) is 22.4. The third-order valence-corrected chi connectivity index (χ3v) is 3.37. The van der Waals surface area contributed by atoms with E-state index in [0.29, 0.717) is 0 Å². The van der Waals surface area contributed by atoms with Crippen LogP contribution in [0.5, 0.6) is 0 Å². The minimum atomic E-state index is -0.611. The number of hydrogen-bond donors (Lipinski definition) is 1. The van der Waals surface area contributed by atoms with Crippen LogP contribution in [0.3, 0.4) is 0 Å². The zero-order chi connectivity index (χ0) is 15.4. The van der Waals surface area contributed by atoms with Gasteiger partial charge in [-0.05, 0) is 24.6 Å². The number of nitro groups is 1. The molecule has 0 spiro atoms. The van der Waals surface area contributed by atoms with Crippen molar-refractivity contribution in [2.45, 2.75) is 13.0 Å². The zero-order valence-corrected chi connectivity index (χ0v) is 12.0. The largest absolute Gasteiger partial charge is 0.346 e. The van der Waals surface area contributed by atoms with Crippen molar-refractivity contribution in [1.82, 2.24) is 5.32 Å². The third kappa shape index (κ3) is 3.58. The van der Waals surface area contributed by atoms with E-state index in [9.17, 15) is 14.9 Å². The van der Waals surface area contributed by atoms with E-state index in [1.807, 2.05) is 37.3 Å². The average molecular weight is 305 g/mol. The first-order valence-corrected chi connectivity index (χ1v) is 6.66. The van der Waals surface area contributed by atoms with Gasteiger partial charge < -0.3 is 5.32 Å². The lowest BCUT2D eigenvalue weighted by Crippen LogP contribution is -2.26. The molecule has 108 valence electrons.